The molecule has 0 aromatic heterocycles. The minimum atomic E-state index is -0.892. The van der Waals surface area contributed by atoms with E-state index in [4.69, 9.17) is 23.7 Å². The van der Waals surface area contributed by atoms with Gasteiger partial charge in [-0.25, -0.2) is 0 Å². The van der Waals surface area contributed by atoms with Gasteiger partial charge in [-0.1, -0.05) is 27.2 Å². The molecule has 3 heterocycles. The highest BCUT2D eigenvalue weighted by molar-refractivity contribution is 5.79. The van der Waals surface area contributed by atoms with E-state index in [2.05, 4.69) is 44.7 Å². The maximum Gasteiger partial charge on any atom is 0.308 e. The molecule has 2 saturated heterocycles. The quantitative estimate of drug-likeness (QED) is 0.281. The Bertz CT molecular complexity index is 1090. The van der Waals surface area contributed by atoms with E-state index in [0.717, 1.165) is 37.8 Å². The molecule has 3 aliphatic rings. The van der Waals surface area contributed by atoms with E-state index >= 15 is 0 Å². The summed E-state index contributed by atoms with van der Waals surface area (Å²) in [6.07, 6.45) is 3.94. The van der Waals surface area contributed by atoms with E-state index in [1.54, 1.807) is 7.11 Å². The van der Waals surface area contributed by atoms with Crippen molar-refractivity contribution in [1.29, 1.82) is 0 Å². The summed E-state index contributed by atoms with van der Waals surface area (Å²) in [5.41, 5.74) is 0.331. The van der Waals surface area contributed by atoms with Crippen molar-refractivity contribution >= 4 is 11.9 Å². The number of hydrogen-bond acceptors (Lipinski definition) is 9. The molecule has 0 spiro atoms. The summed E-state index contributed by atoms with van der Waals surface area (Å²) < 4.78 is 28.6. The Labute approximate surface area is 256 Å². The maximum absolute atomic E-state index is 13.9. The molecule has 0 saturated carbocycles. The summed E-state index contributed by atoms with van der Waals surface area (Å²) in [7, 11) is 5.68. The van der Waals surface area contributed by atoms with Gasteiger partial charge in [0.25, 0.3) is 0 Å². The molecule has 1 amide bonds. The zero-order chi connectivity index (χ0) is 31.1. The summed E-state index contributed by atoms with van der Waals surface area (Å²) in [4.78, 5) is 33.2. The lowest BCUT2D eigenvalue weighted by Gasteiger charge is -2.37. The molecule has 4 rings (SSSR count). The minimum absolute atomic E-state index is 0.0440. The molecule has 242 valence electrons. The number of methoxy groups -OCH3 is 1. The van der Waals surface area contributed by atoms with Gasteiger partial charge in [0.15, 0.2) is 17.8 Å². The number of ether oxygens (including phenoxy) is 5. The van der Waals surface area contributed by atoms with Gasteiger partial charge in [-0.3, -0.25) is 14.5 Å². The van der Waals surface area contributed by atoms with Gasteiger partial charge in [0.05, 0.1) is 32.8 Å². The average Bonchev–Trinajstić information content (AvgIpc) is 3.73. The number of likely N-dealkylation sites (tertiary alicyclic amines) is 1. The third-order valence-electron chi connectivity index (χ3n) is 8.89. The highest BCUT2D eigenvalue weighted by Gasteiger charge is 2.51. The van der Waals surface area contributed by atoms with Crippen LogP contribution in [0.25, 0.3) is 0 Å². The Morgan fingerprint density at radius 1 is 1.07 bits per heavy atom. The number of unbranched alkanes of at least 4 members (excludes halogenated alkanes) is 2. The van der Waals surface area contributed by atoms with Crippen molar-refractivity contribution < 1.29 is 38.4 Å². The second-order valence-electron chi connectivity index (χ2n) is 12.9. The van der Waals surface area contributed by atoms with E-state index in [9.17, 15) is 14.7 Å². The number of carboxylic acids is 1. The summed E-state index contributed by atoms with van der Waals surface area (Å²) in [5, 5.41) is 10.7. The number of amides is 1. The van der Waals surface area contributed by atoms with E-state index in [0.29, 0.717) is 56.5 Å². The van der Waals surface area contributed by atoms with Crippen LogP contribution in [0, 0.1) is 11.3 Å². The molecular weight excluding hydrogens is 554 g/mol. The van der Waals surface area contributed by atoms with Crippen LogP contribution in [-0.2, 0) is 19.1 Å². The molecule has 0 bridgehead atoms. The summed E-state index contributed by atoms with van der Waals surface area (Å²) in [6.45, 7) is 10.3. The standard InChI is InChI=1S/C32H51N3O8/c1-7-8-12-34(13-10-9-11-33(4)5)27(36)20-35-19-23(22-16-25(39-6)29-26(17-22)42-21-43-29)28(30(37)38)24(35)18-32(2,3)31-40-14-15-41-31/h16-17,23-24,28,31H,7-15,18-21H2,1-6H3,(H,37,38). The van der Waals surface area contributed by atoms with Crippen molar-refractivity contribution in [3.63, 3.8) is 0 Å². The molecule has 3 aliphatic heterocycles. The number of benzene rings is 1. The molecule has 1 aromatic carbocycles. The van der Waals surface area contributed by atoms with Gasteiger partial charge >= 0.3 is 5.97 Å². The molecule has 0 aliphatic carbocycles. The van der Waals surface area contributed by atoms with E-state index in [-0.39, 0.29) is 25.2 Å². The van der Waals surface area contributed by atoms with E-state index in [1.807, 2.05) is 17.0 Å². The lowest BCUT2D eigenvalue weighted by atomic mass is 9.77. The number of carboxylic acid groups (broad SMARTS) is 1. The van der Waals surface area contributed by atoms with Gasteiger partial charge in [0, 0.05) is 37.0 Å². The topological polar surface area (TPSA) is 110 Å². The first-order valence-corrected chi connectivity index (χ1v) is 15.7. The summed E-state index contributed by atoms with van der Waals surface area (Å²) in [6, 6.07) is 3.30. The first kappa shape index (κ1) is 33.3. The SMILES string of the molecule is CCCCN(CCCCN(C)C)C(=O)CN1CC(c2cc(OC)c3c(c2)OCO3)C(C(=O)O)C1CC(C)(C)C1OCCO1. The number of nitrogens with zero attached hydrogens (tertiary/aromatic N) is 3. The fraction of sp³-hybridized carbons (Fsp3) is 0.750. The Hall–Kier alpha value is -2.60. The van der Waals surface area contributed by atoms with E-state index in [1.165, 1.54) is 0 Å². The van der Waals surface area contributed by atoms with Crippen molar-refractivity contribution in [1.82, 2.24) is 14.7 Å². The van der Waals surface area contributed by atoms with Crippen LogP contribution >= 0.6 is 0 Å². The molecule has 2 fully saturated rings. The highest BCUT2D eigenvalue weighted by Crippen LogP contribution is 2.48. The van der Waals surface area contributed by atoms with Crippen LogP contribution in [0.2, 0.25) is 0 Å². The lowest BCUT2D eigenvalue weighted by molar-refractivity contribution is -0.148. The Morgan fingerprint density at radius 2 is 1.77 bits per heavy atom. The van der Waals surface area contributed by atoms with Crippen LogP contribution in [0.1, 0.15) is 64.4 Å². The molecular formula is C32H51N3O8. The average molecular weight is 606 g/mol. The van der Waals surface area contributed by atoms with Gasteiger partial charge in [-0.2, -0.15) is 0 Å². The van der Waals surface area contributed by atoms with Gasteiger partial charge in [-0.05, 0) is 64.0 Å². The number of aliphatic carboxylic acids is 1. The largest absolute Gasteiger partial charge is 0.493 e. The fourth-order valence-corrected chi connectivity index (χ4v) is 6.61. The first-order valence-electron chi connectivity index (χ1n) is 15.7. The van der Waals surface area contributed by atoms with Crippen LogP contribution in [0.4, 0.5) is 0 Å². The molecule has 1 N–H and O–H groups in total. The monoisotopic (exact) mass is 605 g/mol. The molecule has 11 nitrogen and oxygen atoms in total. The van der Waals surface area contributed by atoms with Gasteiger partial charge in [0.2, 0.25) is 18.4 Å². The predicted octanol–water partition coefficient (Wildman–Crippen LogP) is 3.65. The number of fused-ring (bicyclic) bond motifs is 1. The lowest BCUT2D eigenvalue weighted by Crippen LogP contribution is -2.47. The smallest absolute Gasteiger partial charge is 0.308 e. The molecule has 0 radical (unpaired) electrons. The van der Waals surface area contributed by atoms with Crippen molar-refractivity contribution in [2.24, 2.45) is 11.3 Å². The third kappa shape index (κ3) is 8.12. The van der Waals surface area contributed by atoms with Crippen molar-refractivity contribution in [3.05, 3.63) is 17.7 Å². The molecule has 3 atom stereocenters. The number of rotatable bonds is 16. The maximum atomic E-state index is 13.9. The Balaban J connectivity index is 1.62. The van der Waals surface area contributed by atoms with Gasteiger partial charge in [-0.15, -0.1) is 0 Å². The molecule has 3 unspecified atom stereocenters. The predicted molar refractivity (Wildman–Crippen MR) is 162 cm³/mol. The van der Waals surface area contributed by atoms with Crippen LogP contribution < -0.4 is 14.2 Å². The van der Waals surface area contributed by atoms with Gasteiger partial charge < -0.3 is 38.6 Å². The number of hydrogen-bond donors (Lipinski definition) is 1. The number of carbonyl (C=O) groups excluding carboxylic acids is 1. The van der Waals surface area contributed by atoms with Crippen LogP contribution in [0.5, 0.6) is 17.2 Å². The van der Waals surface area contributed by atoms with Crippen molar-refractivity contribution in [2.75, 3.05) is 73.9 Å². The summed E-state index contributed by atoms with van der Waals surface area (Å²) >= 11 is 0. The summed E-state index contributed by atoms with van der Waals surface area (Å²) in [5.74, 6) is -0.415. The second kappa shape index (κ2) is 14.9. The zero-order valence-corrected chi connectivity index (χ0v) is 26.8. The highest BCUT2D eigenvalue weighted by atomic mass is 16.7. The van der Waals surface area contributed by atoms with Crippen LogP contribution in [0.3, 0.4) is 0 Å². The second-order valence-corrected chi connectivity index (χ2v) is 12.9. The zero-order valence-electron chi connectivity index (χ0n) is 26.8. The van der Waals surface area contributed by atoms with Crippen LogP contribution in [0.15, 0.2) is 12.1 Å². The van der Waals surface area contributed by atoms with Gasteiger partial charge in [0.1, 0.15) is 0 Å². The fourth-order valence-electron chi connectivity index (χ4n) is 6.61. The molecule has 11 heteroatoms. The Morgan fingerprint density at radius 3 is 2.42 bits per heavy atom. The molecule has 1 aromatic rings. The van der Waals surface area contributed by atoms with Crippen LogP contribution in [-0.4, -0.2) is 118 Å². The Kier molecular flexibility index (Phi) is 11.6. The normalized spacial score (nSPS) is 22.4. The van der Waals surface area contributed by atoms with Crippen molar-refractivity contribution in [3.8, 4) is 17.2 Å². The minimum Gasteiger partial charge on any atom is -0.493 e. The number of carbonyl (C=O) groups is 2. The first-order chi connectivity index (χ1) is 20.6. The van der Waals surface area contributed by atoms with E-state index < -0.39 is 29.6 Å². The molecule has 43 heavy (non-hydrogen) atoms. The third-order valence-corrected chi connectivity index (χ3v) is 8.89. The van der Waals surface area contributed by atoms with Crippen molar-refractivity contribution in [2.45, 2.75) is 71.1 Å².